The van der Waals surface area contributed by atoms with E-state index in [1.165, 1.54) is 0 Å². The number of carbonyl (C=O) groups excluding carboxylic acids is 1. The van der Waals surface area contributed by atoms with Crippen LogP contribution in [0.2, 0.25) is 0 Å². The maximum absolute atomic E-state index is 11.9. The summed E-state index contributed by atoms with van der Waals surface area (Å²) in [7, 11) is 1.91. The molecule has 0 unspecified atom stereocenters. The van der Waals surface area contributed by atoms with Crippen LogP contribution in [0.25, 0.3) is 0 Å². The Labute approximate surface area is 95.1 Å². The van der Waals surface area contributed by atoms with Crippen LogP contribution in [0.15, 0.2) is 54.4 Å². The average molecular weight is 214 g/mol. The van der Waals surface area contributed by atoms with Crippen LogP contribution >= 0.6 is 0 Å². The fourth-order valence-corrected chi connectivity index (χ4v) is 1.57. The smallest absolute Gasteiger partial charge is 0.253 e. The van der Waals surface area contributed by atoms with Crippen LogP contribution in [-0.4, -0.2) is 17.9 Å². The number of carbonyl (C=O) groups is 1. The standard InChI is InChI=1S/C13H14N2O/c1-15-9-5-6-11(10-15)13(16)14-12-7-3-2-4-8-12/h2-5,7-10H,6H2,1H3,(H,14,16). The number of nitrogens with one attached hydrogen (secondary N) is 1. The Hall–Kier alpha value is -2.03. The lowest BCUT2D eigenvalue weighted by Gasteiger charge is -2.16. The summed E-state index contributed by atoms with van der Waals surface area (Å²) < 4.78 is 0. The van der Waals surface area contributed by atoms with Gasteiger partial charge in [0.05, 0.1) is 0 Å². The molecule has 1 aromatic rings. The van der Waals surface area contributed by atoms with Crippen LogP contribution in [0.3, 0.4) is 0 Å². The van der Waals surface area contributed by atoms with E-state index in [4.69, 9.17) is 0 Å². The summed E-state index contributed by atoms with van der Waals surface area (Å²) in [4.78, 5) is 13.8. The van der Waals surface area contributed by atoms with Crippen LogP contribution in [0.1, 0.15) is 6.42 Å². The quantitative estimate of drug-likeness (QED) is 0.819. The molecule has 0 bridgehead atoms. The maximum atomic E-state index is 11.9. The summed E-state index contributed by atoms with van der Waals surface area (Å²) in [6.07, 6.45) is 6.44. The number of rotatable bonds is 2. The molecule has 0 spiro atoms. The van der Waals surface area contributed by atoms with Crippen LogP contribution in [0.5, 0.6) is 0 Å². The highest BCUT2D eigenvalue weighted by Gasteiger charge is 2.11. The minimum Gasteiger partial charge on any atom is -0.357 e. The summed E-state index contributed by atoms with van der Waals surface area (Å²) in [6, 6.07) is 9.47. The largest absolute Gasteiger partial charge is 0.357 e. The van der Waals surface area contributed by atoms with E-state index in [2.05, 4.69) is 5.32 Å². The lowest BCUT2D eigenvalue weighted by Crippen LogP contribution is -2.18. The highest BCUT2D eigenvalue weighted by molar-refractivity contribution is 6.03. The lowest BCUT2D eigenvalue weighted by atomic mass is 10.1. The Morgan fingerprint density at radius 1 is 1.31 bits per heavy atom. The molecular weight excluding hydrogens is 200 g/mol. The van der Waals surface area contributed by atoms with Crippen molar-refractivity contribution in [1.29, 1.82) is 0 Å². The van der Waals surface area contributed by atoms with E-state index in [9.17, 15) is 4.79 Å². The van der Waals surface area contributed by atoms with E-state index in [0.29, 0.717) is 6.42 Å². The number of amides is 1. The Kier molecular flexibility index (Phi) is 3.05. The summed E-state index contributed by atoms with van der Waals surface area (Å²) in [5.74, 6) is -0.0394. The molecule has 1 amide bonds. The summed E-state index contributed by atoms with van der Waals surface area (Å²) in [5.41, 5.74) is 1.60. The van der Waals surface area contributed by atoms with Crippen molar-refractivity contribution in [2.75, 3.05) is 12.4 Å². The third-order valence-electron chi connectivity index (χ3n) is 2.36. The zero-order valence-corrected chi connectivity index (χ0v) is 9.18. The van der Waals surface area contributed by atoms with Gasteiger partial charge in [-0.05, 0) is 24.8 Å². The second-order valence-electron chi connectivity index (χ2n) is 3.73. The van der Waals surface area contributed by atoms with E-state index in [1.54, 1.807) is 0 Å². The zero-order valence-electron chi connectivity index (χ0n) is 9.18. The van der Waals surface area contributed by atoms with E-state index in [0.717, 1.165) is 11.3 Å². The molecule has 16 heavy (non-hydrogen) atoms. The Morgan fingerprint density at radius 2 is 2.06 bits per heavy atom. The van der Waals surface area contributed by atoms with Crippen molar-refractivity contribution in [1.82, 2.24) is 4.90 Å². The molecule has 3 nitrogen and oxygen atoms in total. The minimum atomic E-state index is -0.0394. The number of para-hydroxylation sites is 1. The molecule has 0 aliphatic carbocycles. The molecule has 3 heteroatoms. The molecule has 1 N–H and O–H groups in total. The molecule has 0 saturated heterocycles. The molecule has 0 aromatic heterocycles. The van der Waals surface area contributed by atoms with Gasteiger partial charge in [0, 0.05) is 24.5 Å². The summed E-state index contributed by atoms with van der Waals surface area (Å²) in [6.45, 7) is 0. The first-order chi connectivity index (χ1) is 7.75. The predicted octanol–water partition coefficient (Wildman–Crippen LogP) is 2.36. The van der Waals surface area contributed by atoms with Crippen molar-refractivity contribution in [2.24, 2.45) is 0 Å². The van der Waals surface area contributed by atoms with E-state index < -0.39 is 0 Å². The molecule has 2 rings (SSSR count). The fourth-order valence-electron chi connectivity index (χ4n) is 1.57. The van der Waals surface area contributed by atoms with Gasteiger partial charge in [-0.25, -0.2) is 0 Å². The normalized spacial score (nSPS) is 14.6. The van der Waals surface area contributed by atoms with Gasteiger partial charge in [-0.1, -0.05) is 24.3 Å². The molecule has 0 atom stereocenters. The molecular formula is C13H14N2O. The Bertz CT molecular complexity index is 435. The molecule has 82 valence electrons. The first kappa shape index (κ1) is 10.5. The number of benzene rings is 1. The van der Waals surface area contributed by atoms with Gasteiger partial charge < -0.3 is 10.2 Å². The van der Waals surface area contributed by atoms with Crippen LogP contribution in [0, 0.1) is 0 Å². The highest BCUT2D eigenvalue weighted by Crippen LogP contribution is 2.13. The predicted molar refractivity (Wildman–Crippen MR) is 64.7 cm³/mol. The topological polar surface area (TPSA) is 32.3 Å². The van der Waals surface area contributed by atoms with Gasteiger partial charge in [0.15, 0.2) is 0 Å². The molecule has 1 aromatic carbocycles. The molecule has 0 radical (unpaired) electrons. The SMILES string of the molecule is CN1C=CCC(C(=O)Nc2ccccc2)=C1. The highest BCUT2D eigenvalue weighted by atomic mass is 16.1. The van der Waals surface area contributed by atoms with Crippen molar-refractivity contribution in [2.45, 2.75) is 6.42 Å². The van der Waals surface area contributed by atoms with E-state index in [1.807, 2.05) is 60.8 Å². The van der Waals surface area contributed by atoms with Crippen LogP contribution in [-0.2, 0) is 4.79 Å². The number of hydrogen-bond donors (Lipinski definition) is 1. The van der Waals surface area contributed by atoms with Gasteiger partial charge >= 0.3 is 0 Å². The second-order valence-corrected chi connectivity index (χ2v) is 3.73. The molecule has 0 saturated carbocycles. The number of nitrogens with zero attached hydrogens (tertiary/aromatic N) is 1. The van der Waals surface area contributed by atoms with Gasteiger partial charge in [-0.3, -0.25) is 4.79 Å². The second kappa shape index (κ2) is 4.66. The van der Waals surface area contributed by atoms with Crippen molar-refractivity contribution in [3.05, 3.63) is 54.4 Å². The molecule has 0 fully saturated rings. The monoisotopic (exact) mass is 214 g/mol. The van der Waals surface area contributed by atoms with E-state index >= 15 is 0 Å². The third-order valence-corrected chi connectivity index (χ3v) is 2.36. The fraction of sp³-hybridized carbons (Fsp3) is 0.154. The minimum absolute atomic E-state index is 0.0394. The van der Waals surface area contributed by atoms with Gasteiger partial charge in [0.25, 0.3) is 5.91 Å². The number of anilines is 1. The first-order valence-corrected chi connectivity index (χ1v) is 5.21. The maximum Gasteiger partial charge on any atom is 0.253 e. The average Bonchev–Trinajstić information content (AvgIpc) is 2.30. The summed E-state index contributed by atoms with van der Waals surface area (Å²) >= 11 is 0. The van der Waals surface area contributed by atoms with Crippen molar-refractivity contribution in [3.63, 3.8) is 0 Å². The van der Waals surface area contributed by atoms with Crippen molar-refractivity contribution in [3.8, 4) is 0 Å². The van der Waals surface area contributed by atoms with Gasteiger partial charge in [0.1, 0.15) is 0 Å². The lowest BCUT2D eigenvalue weighted by molar-refractivity contribution is -0.113. The zero-order chi connectivity index (χ0) is 11.4. The van der Waals surface area contributed by atoms with Gasteiger partial charge in [-0.2, -0.15) is 0 Å². The molecule has 1 aliphatic rings. The molecule has 1 heterocycles. The summed E-state index contributed by atoms with van der Waals surface area (Å²) in [5, 5.41) is 2.86. The van der Waals surface area contributed by atoms with Crippen LogP contribution in [0.4, 0.5) is 5.69 Å². The molecule has 1 aliphatic heterocycles. The van der Waals surface area contributed by atoms with E-state index in [-0.39, 0.29) is 5.91 Å². The Balaban J connectivity index is 2.04. The number of hydrogen-bond acceptors (Lipinski definition) is 2. The van der Waals surface area contributed by atoms with Crippen molar-refractivity contribution >= 4 is 11.6 Å². The number of allylic oxidation sites excluding steroid dienone is 1. The first-order valence-electron chi connectivity index (χ1n) is 5.21. The van der Waals surface area contributed by atoms with Crippen LogP contribution < -0.4 is 5.32 Å². The Morgan fingerprint density at radius 3 is 2.75 bits per heavy atom. The van der Waals surface area contributed by atoms with Gasteiger partial charge in [0.2, 0.25) is 0 Å². The third kappa shape index (κ3) is 2.51. The van der Waals surface area contributed by atoms with Crippen molar-refractivity contribution < 1.29 is 4.79 Å². The van der Waals surface area contributed by atoms with Gasteiger partial charge in [-0.15, -0.1) is 0 Å².